The Morgan fingerprint density at radius 3 is 3.05 bits per heavy atom. The van der Waals surface area contributed by atoms with E-state index in [4.69, 9.17) is 0 Å². The van der Waals surface area contributed by atoms with Crippen LogP contribution in [0.1, 0.15) is 23.4 Å². The molecule has 1 aromatic heterocycles. The topological polar surface area (TPSA) is 32.3 Å². The van der Waals surface area contributed by atoms with Crippen LogP contribution in [0.5, 0.6) is 0 Å². The molecular weight excluding hydrogens is 287 g/mol. The number of carbonyl (C=O) groups excluding carboxylic acids is 1. The van der Waals surface area contributed by atoms with E-state index >= 15 is 0 Å². The van der Waals surface area contributed by atoms with Crippen molar-refractivity contribution in [1.29, 1.82) is 0 Å². The predicted octanol–water partition coefficient (Wildman–Crippen LogP) is 3.45. The summed E-state index contributed by atoms with van der Waals surface area (Å²) in [5.74, 6) is -0.580. The Morgan fingerprint density at radius 2 is 2.24 bits per heavy atom. The van der Waals surface area contributed by atoms with Gasteiger partial charge in [-0.25, -0.2) is 4.39 Å². The van der Waals surface area contributed by atoms with Crippen LogP contribution in [0.4, 0.5) is 10.1 Å². The van der Waals surface area contributed by atoms with Crippen LogP contribution < -0.4 is 5.32 Å². The number of hydrogen-bond donors (Lipinski definition) is 1. The van der Waals surface area contributed by atoms with E-state index in [0.717, 1.165) is 13.0 Å². The monoisotopic (exact) mass is 304 g/mol. The van der Waals surface area contributed by atoms with Crippen molar-refractivity contribution in [3.8, 4) is 0 Å². The van der Waals surface area contributed by atoms with Crippen molar-refractivity contribution < 1.29 is 9.18 Å². The Bertz CT molecular complexity index is 655. The van der Waals surface area contributed by atoms with Crippen molar-refractivity contribution in [2.24, 2.45) is 0 Å². The summed E-state index contributed by atoms with van der Waals surface area (Å²) in [6.45, 7) is 3.26. The van der Waals surface area contributed by atoms with E-state index in [0.29, 0.717) is 0 Å². The molecule has 2 heterocycles. The minimum absolute atomic E-state index is 0.175. The van der Waals surface area contributed by atoms with Crippen LogP contribution >= 0.6 is 11.3 Å². The van der Waals surface area contributed by atoms with Gasteiger partial charge >= 0.3 is 0 Å². The first-order valence-electron chi connectivity index (χ1n) is 7.00. The number of para-hydroxylation sites is 1. The molecule has 5 heteroatoms. The highest BCUT2D eigenvalue weighted by Crippen LogP contribution is 2.32. The number of amides is 1. The van der Waals surface area contributed by atoms with Crippen LogP contribution in [0.3, 0.4) is 0 Å². The molecule has 1 amide bonds. The number of nitrogens with zero attached hydrogens (tertiary/aromatic N) is 1. The molecule has 0 spiro atoms. The summed E-state index contributed by atoms with van der Waals surface area (Å²) in [6.07, 6.45) is 0.977. The second kappa shape index (κ2) is 5.95. The Hall–Kier alpha value is -1.72. The number of carbonyl (C=O) groups is 1. The van der Waals surface area contributed by atoms with Gasteiger partial charge in [0.15, 0.2) is 0 Å². The summed E-state index contributed by atoms with van der Waals surface area (Å²) in [6, 6.07) is 8.59. The lowest BCUT2D eigenvalue weighted by molar-refractivity contribution is -0.117. The quantitative estimate of drug-likeness (QED) is 0.942. The van der Waals surface area contributed by atoms with Gasteiger partial charge in [-0.15, -0.1) is 11.3 Å². The fourth-order valence-electron chi connectivity index (χ4n) is 2.71. The van der Waals surface area contributed by atoms with Gasteiger partial charge in [0.1, 0.15) is 5.82 Å². The van der Waals surface area contributed by atoms with Gasteiger partial charge in [0.05, 0.1) is 12.2 Å². The zero-order valence-corrected chi connectivity index (χ0v) is 12.6. The molecule has 1 aromatic carbocycles. The number of benzene rings is 1. The number of halogens is 1. The van der Waals surface area contributed by atoms with E-state index in [1.54, 1.807) is 29.5 Å². The number of nitrogens with one attached hydrogen (secondary N) is 1. The molecule has 0 radical (unpaired) electrons. The molecule has 0 aliphatic carbocycles. The highest BCUT2D eigenvalue weighted by molar-refractivity contribution is 7.10. The maximum atomic E-state index is 13.5. The van der Waals surface area contributed by atoms with Gasteiger partial charge in [-0.05, 0) is 42.5 Å². The first kappa shape index (κ1) is 14.2. The molecule has 1 N–H and O–H groups in total. The van der Waals surface area contributed by atoms with Gasteiger partial charge in [0.2, 0.25) is 5.91 Å². The number of rotatable bonds is 3. The first-order valence-corrected chi connectivity index (χ1v) is 7.88. The van der Waals surface area contributed by atoms with Gasteiger partial charge in [-0.3, -0.25) is 9.69 Å². The Labute approximate surface area is 127 Å². The fourth-order valence-corrected chi connectivity index (χ4v) is 3.68. The van der Waals surface area contributed by atoms with Gasteiger partial charge in [-0.2, -0.15) is 0 Å². The van der Waals surface area contributed by atoms with Crippen molar-refractivity contribution in [2.45, 2.75) is 19.4 Å². The Morgan fingerprint density at radius 1 is 1.43 bits per heavy atom. The van der Waals surface area contributed by atoms with Crippen LogP contribution in [0.15, 0.2) is 35.7 Å². The Kier molecular flexibility index (Phi) is 4.03. The standard InChI is InChI=1S/C16H17FN2OS/c1-11-12-7-9-21-15(12)6-8-19(11)10-16(20)18-14-5-3-2-4-13(14)17/h2-5,7,9,11H,6,8,10H2,1H3,(H,18,20)/t11-/m0/s1. The van der Waals surface area contributed by atoms with Crippen LogP contribution in [0.25, 0.3) is 0 Å². The zero-order valence-electron chi connectivity index (χ0n) is 11.8. The lowest BCUT2D eigenvalue weighted by atomic mass is 10.0. The van der Waals surface area contributed by atoms with Crippen molar-refractivity contribution in [3.05, 3.63) is 52.0 Å². The van der Waals surface area contributed by atoms with Crippen molar-refractivity contribution in [2.75, 3.05) is 18.4 Å². The third kappa shape index (κ3) is 2.99. The third-order valence-electron chi connectivity index (χ3n) is 3.90. The molecule has 21 heavy (non-hydrogen) atoms. The molecule has 0 unspecified atom stereocenters. The van der Waals surface area contributed by atoms with E-state index in [1.807, 2.05) is 0 Å². The predicted molar refractivity (Wildman–Crippen MR) is 83.0 cm³/mol. The highest BCUT2D eigenvalue weighted by Gasteiger charge is 2.26. The normalized spacial score (nSPS) is 18.3. The summed E-state index contributed by atoms with van der Waals surface area (Å²) < 4.78 is 13.5. The maximum absolute atomic E-state index is 13.5. The number of thiophene rings is 1. The fraction of sp³-hybridized carbons (Fsp3) is 0.312. The minimum atomic E-state index is -0.405. The average Bonchev–Trinajstić information content (AvgIpc) is 2.94. The van der Waals surface area contributed by atoms with Crippen LogP contribution in [-0.2, 0) is 11.2 Å². The zero-order chi connectivity index (χ0) is 14.8. The number of fused-ring (bicyclic) bond motifs is 1. The SMILES string of the molecule is C[C@H]1c2ccsc2CCN1CC(=O)Nc1ccccc1F. The van der Waals surface area contributed by atoms with E-state index in [-0.39, 0.29) is 24.2 Å². The lowest BCUT2D eigenvalue weighted by Gasteiger charge is -2.32. The molecule has 0 saturated carbocycles. The molecule has 3 rings (SSSR count). The third-order valence-corrected chi connectivity index (χ3v) is 4.89. The molecule has 1 aliphatic heterocycles. The Balaban J connectivity index is 1.65. The van der Waals surface area contributed by atoms with Crippen molar-refractivity contribution in [1.82, 2.24) is 4.90 Å². The molecule has 0 saturated heterocycles. The summed E-state index contributed by atoms with van der Waals surface area (Å²) in [4.78, 5) is 15.7. The molecule has 2 aromatic rings. The minimum Gasteiger partial charge on any atom is -0.322 e. The molecule has 1 aliphatic rings. The average molecular weight is 304 g/mol. The summed E-state index contributed by atoms with van der Waals surface area (Å²) in [7, 11) is 0. The number of anilines is 1. The smallest absolute Gasteiger partial charge is 0.238 e. The lowest BCUT2D eigenvalue weighted by Crippen LogP contribution is -2.39. The molecule has 0 fully saturated rings. The summed E-state index contributed by atoms with van der Waals surface area (Å²) in [5, 5.41) is 4.74. The highest BCUT2D eigenvalue weighted by atomic mass is 32.1. The second-order valence-corrected chi connectivity index (χ2v) is 6.22. The van der Waals surface area contributed by atoms with Crippen LogP contribution in [0.2, 0.25) is 0 Å². The van der Waals surface area contributed by atoms with Crippen LogP contribution in [-0.4, -0.2) is 23.9 Å². The maximum Gasteiger partial charge on any atom is 0.238 e. The van der Waals surface area contributed by atoms with Gasteiger partial charge in [-0.1, -0.05) is 12.1 Å². The van der Waals surface area contributed by atoms with E-state index < -0.39 is 5.82 Å². The van der Waals surface area contributed by atoms with Gasteiger partial charge < -0.3 is 5.32 Å². The molecule has 0 bridgehead atoms. The molecule has 1 atom stereocenters. The van der Waals surface area contributed by atoms with E-state index in [2.05, 4.69) is 28.6 Å². The molecular formula is C16H17FN2OS. The van der Waals surface area contributed by atoms with Crippen molar-refractivity contribution >= 4 is 22.9 Å². The summed E-state index contributed by atoms with van der Waals surface area (Å²) in [5.41, 5.74) is 1.55. The van der Waals surface area contributed by atoms with E-state index in [9.17, 15) is 9.18 Å². The van der Waals surface area contributed by atoms with Crippen molar-refractivity contribution in [3.63, 3.8) is 0 Å². The van der Waals surface area contributed by atoms with Gasteiger partial charge in [0.25, 0.3) is 0 Å². The van der Waals surface area contributed by atoms with E-state index in [1.165, 1.54) is 16.5 Å². The first-order chi connectivity index (χ1) is 10.1. The van der Waals surface area contributed by atoms with Gasteiger partial charge in [0, 0.05) is 17.5 Å². The largest absolute Gasteiger partial charge is 0.322 e. The van der Waals surface area contributed by atoms with Crippen LogP contribution in [0, 0.1) is 5.82 Å². The second-order valence-electron chi connectivity index (χ2n) is 5.22. The summed E-state index contributed by atoms with van der Waals surface area (Å²) >= 11 is 1.78. The number of hydrogen-bond acceptors (Lipinski definition) is 3. The molecule has 110 valence electrons. The molecule has 3 nitrogen and oxygen atoms in total.